The number of aliphatic carboxylic acids is 1. The minimum absolute atomic E-state index is 0.0666. The molecule has 1 fully saturated rings. The molecule has 86 valence electrons. The van der Waals surface area contributed by atoms with Crippen LogP contribution >= 0.6 is 0 Å². The number of aromatic nitrogens is 1. The van der Waals surface area contributed by atoms with Crippen molar-refractivity contribution in [1.82, 2.24) is 9.88 Å². The topological polar surface area (TPSA) is 73.4 Å². The molecular weight excluding hydrogens is 208 g/mol. The Morgan fingerprint density at radius 3 is 2.94 bits per heavy atom. The van der Waals surface area contributed by atoms with E-state index in [2.05, 4.69) is 4.98 Å². The maximum atomic E-state index is 11.7. The SMILES string of the molecule is CC(c1cc[nH]c1)N1CC(C(=O)O)CC1=O. The molecule has 5 nitrogen and oxygen atoms in total. The van der Waals surface area contributed by atoms with Gasteiger partial charge in [0.2, 0.25) is 5.91 Å². The van der Waals surface area contributed by atoms with Crippen LogP contribution in [0.3, 0.4) is 0 Å². The molecule has 1 saturated heterocycles. The fourth-order valence-electron chi connectivity index (χ4n) is 2.05. The van der Waals surface area contributed by atoms with Crippen LogP contribution in [0.5, 0.6) is 0 Å². The van der Waals surface area contributed by atoms with Crippen molar-refractivity contribution in [2.24, 2.45) is 5.92 Å². The van der Waals surface area contributed by atoms with Crippen molar-refractivity contribution in [2.45, 2.75) is 19.4 Å². The van der Waals surface area contributed by atoms with Gasteiger partial charge in [0, 0.05) is 25.4 Å². The lowest BCUT2D eigenvalue weighted by atomic mass is 10.1. The van der Waals surface area contributed by atoms with Crippen molar-refractivity contribution in [3.63, 3.8) is 0 Å². The summed E-state index contributed by atoms with van der Waals surface area (Å²) in [5.41, 5.74) is 0.999. The van der Waals surface area contributed by atoms with Gasteiger partial charge >= 0.3 is 5.97 Å². The normalized spacial score (nSPS) is 22.4. The summed E-state index contributed by atoms with van der Waals surface area (Å²) in [6.45, 7) is 2.21. The quantitative estimate of drug-likeness (QED) is 0.801. The molecule has 2 N–H and O–H groups in total. The zero-order valence-corrected chi connectivity index (χ0v) is 9.01. The first-order valence-electron chi connectivity index (χ1n) is 5.24. The van der Waals surface area contributed by atoms with Crippen LogP contribution in [0.15, 0.2) is 18.5 Å². The predicted molar refractivity (Wildman–Crippen MR) is 56.7 cm³/mol. The fraction of sp³-hybridized carbons (Fsp3) is 0.455. The van der Waals surface area contributed by atoms with Gasteiger partial charge in [-0.15, -0.1) is 0 Å². The molecule has 0 spiro atoms. The molecule has 2 rings (SSSR count). The predicted octanol–water partition coefficient (Wildman–Crippen LogP) is 1.01. The summed E-state index contributed by atoms with van der Waals surface area (Å²) < 4.78 is 0. The highest BCUT2D eigenvalue weighted by atomic mass is 16.4. The van der Waals surface area contributed by atoms with Gasteiger partial charge in [-0.25, -0.2) is 0 Å². The third-order valence-electron chi connectivity index (χ3n) is 3.08. The number of likely N-dealkylation sites (tertiary alicyclic amines) is 1. The highest BCUT2D eigenvalue weighted by molar-refractivity contribution is 5.86. The molecular formula is C11H14N2O3. The summed E-state index contributed by atoms with van der Waals surface area (Å²) in [4.78, 5) is 27.1. The van der Waals surface area contributed by atoms with E-state index in [0.29, 0.717) is 6.54 Å². The van der Waals surface area contributed by atoms with E-state index >= 15 is 0 Å². The lowest BCUT2D eigenvalue weighted by molar-refractivity contribution is -0.141. The van der Waals surface area contributed by atoms with Crippen molar-refractivity contribution >= 4 is 11.9 Å². The maximum absolute atomic E-state index is 11.7. The highest BCUT2D eigenvalue weighted by Crippen LogP contribution is 2.28. The first-order valence-corrected chi connectivity index (χ1v) is 5.24. The number of carboxylic acids is 1. The van der Waals surface area contributed by atoms with E-state index in [1.165, 1.54) is 0 Å². The number of aromatic amines is 1. The van der Waals surface area contributed by atoms with Gasteiger partial charge in [-0.1, -0.05) is 0 Å². The van der Waals surface area contributed by atoms with Crippen LogP contribution in [-0.2, 0) is 9.59 Å². The zero-order chi connectivity index (χ0) is 11.7. The van der Waals surface area contributed by atoms with Crippen LogP contribution in [0.1, 0.15) is 24.9 Å². The van der Waals surface area contributed by atoms with Crippen LogP contribution < -0.4 is 0 Å². The Kier molecular flexibility index (Phi) is 2.68. The molecule has 1 aliphatic heterocycles. The van der Waals surface area contributed by atoms with Crippen molar-refractivity contribution in [3.05, 3.63) is 24.0 Å². The van der Waals surface area contributed by atoms with Crippen molar-refractivity contribution in [1.29, 1.82) is 0 Å². The largest absolute Gasteiger partial charge is 0.481 e. The molecule has 0 bridgehead atoms. The highest BCUT2D eigenvalue weighted by Gasteiger charge is 2.36. The molecule has 2 unspecified atom stereocenters. The summed E-state index contributed by atoms with van der Waals surface area (Å²) in [5, 5.41) is 8.88. The number of carbonyl (C=O) groups is 2. The summed E-state index contributed by atoms with van der Waals surface area (Å²) in [6.07, 6.45) is 3.73. The smallest absolute Gasteiger partial charge is 0.308 e. The van der Waals surface area contributed by atoms with Gasteiger partial charge in [-0.05, 0) is 18.6 Å². The summed E-state index contributed by atoms with van der Waals surface area (Å²) in [5.74, 6) is -1.54. The minimum Gasteiger partial charge on any atom is -0.481 e. The van der Waals surface area contributed by atoms with Crippen molar-refractivity contribution in [2.75, 3.05) is 6.54 Å². The number of hydrogen-bond acceptors (Lipinski definition) is 2. The average Bonchev–Trinajstić information content (AvgIpc) is 2.84. The van der Waals surface area contributed by atoms with Gasteiger partial charge in [-0.3, -0.25) is 9.59 Å². The second kappa shape index (κ2) is 4.00. The van der Waals surface area contributed by atoms with Crippen LogP contribution in [0.2, 0.25) is 0 Å². The molecule has 1 amide bonds. The molecule has 0 aliphatic carbocycles. The van der Waals surface area contributed by atoms with Crippen LogP contribution in [0, 0.1) is 5.92 Å². The third kappa shape index (κ3) is 1.80. The number of nitrogens with zero attached hydrogens (tertiary/aromatic N) is 1. The molecule has 2 heterocycles. The molecule has 0 radical (unpaired) electrons. The average molecular weight is 222 g/mol. The first kappa shape index (κ1) is 10.7. The van der Waals surface area contributed by atoms with Gasteiger partial charge in [0.05, 0.1) is 12.0 Å². The van der Waals surface area contributed by atoms with Crippen LogP contribution in [0.25, 0.3) is 0 Å². The van der Waals surface area contributed by atoms with E-state index < -0.39 is 11.9 Å². The van der Waals surface area contributed by atoms with E-state index in [0.717, 1.165) is 5.56 Å². The van der Waals surface area contributed by atoms with E-state index in [4.69, 9.17) is 5.11 Å². The van der Waals surface area contributed by atoms with Crippen LogP contribution in [-0.4, -0.2) is 33.4 Å². The van der Waals surface area contributed by atoms with Gasteiger partial charge < -0.3 is 15.0 Å². The Labute approximate surface area is 93.1 Å². The van der Waals surface area contributed by atoms with E-state index in [9.17, 15) is 9.59 Å². The van der Waals surface area contributed by atoms with E-state index in [-0.39, 0.29) is 18.4 Å². The number of nitrogens with one attached hydrogen (secondary N) is 1. The lowest BCUT2D eigenvalue weighted by Crippen LogP contribution is -2.29. The van der Waals surface area contributed by atoms with Gasteiger partial charge in [0.25, 0.3) is 0 Å². The molecule has 1 aliphatic rings. The summed E-state index contributed by atoms with van der Waals surface area (Å²) in [6, 6.07) is 1.83. The Balaban J connectivity index is 2.11. The Bertz CT molecular complexity index is 399. The number of H-pyrrole nitrogens is 1. The number of hydrogen-bond donors (Lipinski definition) is 2. The standard InChI is InChI=1S/C11H14N2O3/c1-7(8-2-3-12-5-8)13-6-9(11(15)16)4-10(13)14/h2-3,5,7,9,12H,4,6H2,1H3,(H,15,16). The Hall–Kier alpha value is -1.78. The fourth-order valence-corrected chi connectivity index (χ4v) is 2.05. The van der Waals surface area contributed by atoms with Crippen molar-refractivity contribution in [3.8, 4) is 0 Å². The van der Waals surface area contributed by atoms with E-state index in [1.54, 1.807) is 11.1 Å². The van der Waals surface area contributed by atoms with Gasteiger partial charge in [0.15, 0.2) is 0 Å². The lowest BCUT2D eigenvalue weighted by Gasteiger charge is -2.23. The van der Waals surface area contributed by atoms with Crippen LogP contribution in [0.4, 0.5) is 0 Å². The molecule has 1 aromatic heterocycles. The number of carbonyl (C=O) groups excluding carboxylic acids is 1. The second-order valence-corrected chi connectivity index (χ2v) is 4.11. The van der Waals surface area contributed by atoms with Gasteiger partial charge in [-0.2, -0.15) is 0 Å². The molecule has 2 atom stereocenters. The molecule has 0 aromatic carbocycles. The molecule has 16 heavy (non-hydrogen) atoms. The number of rotatable bonds is 3. The van der Waals surface area contributed by atoms with Crippen molar-refractivity contribution < 1.29 is 14.7 Å². The monoisotopic (exact) mass is 222 g/mol. The van der Waals surface area contributed by atoms with Gasteiger partial charge in [0.1, 0.15) is 0 Å². The third-order valence-corrected chi connectivity index (χ3v) is 3.08. The second-order valence-electron chi connectivity index (χ2n) is 4.11. The zero-order valence-electron chi connectivity index (χ0n) is 9.01. The summed E-state index contributed by atoms with van der Waals surface area (Å²) >= 11 is 0. The maximum Gasteiger partial charge on any atom is 0.308 e. The molecule has 1 aromatic rings. The number of carboxylic acid groups (broad SMARTS) is 1. The Morgan fingerprint density at radius 2 is 2.44 bits per heavy atom. The molecule has 0 saturated carbocycles. The van der Waals surface area contributed by atoms with E-state index in [1.807, 2.05) is 19.2 Å². The minimum atomic E-state index is -0.892. The first-order chi connectivity index (χ1) is 7.59. The summed E-state index contributed by atoms with van der Waals surface area (Å²) in [7, 11) is 0. The Morgan fingerprint density at radius 1 is 1.69 bits per heavy atom. The number of amides is 1. The molecule has 5 heteroatoms.